The molecule has 0 radical (unpaired) electrons. The molecule has 0 atom stereocenters. The molecule has 0 heterocycles. The zero-order chi connectivity index (χ0) is 7.15. The Bertz CT molecular complexity index is 73.7. The molecule has 0 aliphatic rings. The second-order valence-corrected chi connectivity index (χ2v) is 0.500. The van der Waals surface area contributed by atoms with Crippen molar-refractivity contribution in [3.05, 3.63) is 0 Å². The number of carboxylic acid groups (broad SMARTS) is 4. The van der Waals surface area contributed by atoms with Gasteiger partial charge in [-0.2, -0.15) is 0 Å². The molecule has 0 aliphatic carbocycles. The minimum Gasteiger partial charge on any atom is -0.652 e. The Hall–Kier alpha value is -0.447. The summed E-state index contributed by atoms with van der Waals surface area (Å²) in [7, 11) is 0. The van der Waals surface area contributed by atoms with Gasteiger partial charge in [0.05, 0.1) is 0 Å². The first-order valence-electron chi connectivity index (χ1n) is 1.22. The number of carbonyl (C=O) groups is 2. The molecule has 0 saturated carbocycles. The Morgan fingerprint density at radius 3 is 0.800 bits per heavy atom. The first kappa shape index (κ1) is 22.7. The van der Waals surface area contributed by atoms with E-state index < -0.39 is 12.3 Å². The van der Waals surface area contributed by atoms with Crippen LogP contribution in [0.4, 0.5) is 9.59 Å². The maximum atomic E-state index is 8.33. The molecule has 0 aromatic heterocycles. The fourth-order valence-corrected chi connectivity index (χ4v) is 0. The number of hydrogen-bond acceptors (Lipinski definition) is 6. The second kappa shape index (κ2) is 15.8. The van der Waals surface area contributed by atoms with Crippen LogP contribution in [0.2, 0.25) is 0 Å². The smallest absolute Gasteiger partial charge is 0.652 e. The molecule has 0 aromatic rings. The molecule has 0 aromatic carbocycles. The van der Waals surface area contributed by atoms with Gasteiger partial charge in [-0.3, -0.25) is 0 Å². The molecule has 0 unspecified atom stereocenters. The van der Waals surface area contributed by atoms with E-state index in [1.807, 2.05) is 0 Å². The molecule has 0 saturated heterocycles. The average Bonchev–Trinajstić information content (AvgIpc) is 1.25. The van der Waals surface area contributed by atoms with E-state index in [2.05, 4.69) is 0 Å². The van der Waals surface area contributed by atoms with Crippen LogP contribution in [0.1, 0.15) is 0 Å². The van der Waals surface area contributed by atoms with Crippen LogP contribution in [0.3, 0.4) is 0 Å². The third kappa shape index (κ3) is 1620. The van der Waals surface area contributed by atoms with Gasteiger partial charge in [0.2, 0.25) is 0 Å². The topological polar surface area (TPSA) is 126 Å². The van der Waals surface area contributed by atoms with Gasteiger partial charge in [-0.1, -0.05) is 0 Å². The SMILES string of the molecule is O=C([O-])[O-].O=C([O-])[O-].[Fe+2].[Ni+2]. The molecule has 0 N–H and O–H groups in total. The molecular formula is C2FeNiO6. The van der Waals surface area contributed by atoms with E-state index in [1.165, 1.54) is 0 Å². The molecule has 8 heteroatoms. The van der Waals surface area contributed by atoms with Gasteiger partial charge in [0.1, 0.15) is 0 Å². The van der Waals surface area contributed by atoms with Gasteiger partial charge in [0, 0.05) is 0 Å². The Morgan fingerprint density at radius 1 is 0.800 bits per heavy atom. The molecule has 0 rings (SSSR count). The summed E-state index contributed by atoms with van der Waals surface area (Å²) in [5.41, 5.74) is 0. The van der Waals surface area contributed by atoms with Crippen LogP contribution in [-0.2, 0) is 33.6 Å². The molecule has 0 bridgehead atoms. The van der Waals surface area contributed by atoms with Crippen LogP contribution in [0.15, 0.2) is 0 Å². The van der Waals surface area contributed by atoms with Crippen LogP contribution < -0.4 is 20.4 Å². The summed E-state index contributed by atoms with van der Waals surface area (Å²) >= 11 is 0. The van der Waals surface area contributed by atoms with Crippen molar-refractivity contribution in [1.82, 2.24) is 0 Å². The van der Waals surface area contributed by atoms with Crippen molar-refractivity contribution >= 4 is 12.3 Å². The minimum atomic E-state index is -2.33. The molecule has 6 nitrogen and oxygen atoms in total. The van der Waals surface area contributed by atoms with Crippen molar-refractivity contribution < 1.29 is 63.6 Å². The van der Waals surface area contributed by atoms with Gasteiger partial charge in [-0.25, -0.2) is 0 Å². The van der Waals surface area contributed by atoms with Crippen LogP contribution in [-0.4, -0.2) is 12.3 Å². The predicted octanol–water partition coefficient (Wildman–Crippen LogP) is -4.90. The van der Waals surface area contributed by atoms with E-state index in [0.717, 1.165) is 0 Å². The summed E-state index contributed by atoms with van der Waals surface area (Å²) in [6.07, 6.45) is -4.67. The van der Waals surface area contributed by atoms with Crippen molar-refractivity contribution in [2.24, 2.45) is 0 Å². The quantitative estimate of drug-likeness (QED) is 0.387. The number of hydrogen-bond donors (Lipinski definition) is 0. The summed E-state index contributed by atoms with van der Waals surface area (Å²) in [5.74, 6) is 0. The van der Waals surface area contributed by atoms with Crippen molar-refractivity contribution in [3.63, 3.8) is 0 Å². The van der Waals surface area contributed by atoms with Crippen LogP contribution in [0.5, 0.6) is 0 Å². The molecule has 0 fully saturated rings. The molecule has 62 valence electrons. The monoisotopic (exact) mass is 234 g/mol. The van der Waals surface area contributed by atoms with Gasteiger partial charge in [0.15, 0.2) is 0 Å². The normalized spacial score (nSPS) is 4.80. The van der Waals surface area contributed by atoms with E-state index in [4.69, 9.17) is 30.0 Å². The van der Waals surface area contributed by atoms with Crippen molar-refractivity contribution in [1.29, 1.82) is 0 Å². The third-order valence-electron chi connectivity index (χ3n) is 0. The summed E-state index contributed by atoms with van der Waals surface area (Å²) < 4.78 is 0. The van der Waals surface area contributed by atoms with Crippen LogP contribution >= 0.6 is 0 Å². The first-order chi connectivity index (χ1) is 3.46. The zero-order valence-electron chi connectivity index (χ0n) is 4.12. The Kier molecular flexibility index (Phi) is 35.9. The van der Waals surface area contributed by atoms with E-state index in [-0.39, 0.29) is 33.6 Å². The van der Waals surface area contributed by atoms with Gasteiger partial charge in [-0.15, -0.1) is 0 Å². The van der Waals surface area contributed by atoms with E-state index in [9.17, 15) is 0 Å². The Labute approximate surface area is 76.3 Å². The van der Waals surface area contributed by atoms with Crippen molar-refractivity contribution in [2.75, 3.05) is 0 Å². The summed E-state index contributed by atoms with van der Waals surface area (Å²) in [5, 5.41) is 33.3. The fraction of sp³-hybridized carbons (Fsp3) is 0. The molecular weight excluding hydrogens is 235 g/mol. The van der Waals surface area contributed by atoms with Crippen molar-refractivity contribution in [2.45, 2.75) is 0 Å². The molecule has 10 heavy (non-hydrogen) atoms. The van der Waals surface area contributed by atoms with Gasteiger partial charge < -0.3 is 30.0 Å². The summed E-state index contributed by atoms with van der Waals surface area (Å²) in [6.45, 7) is 0. The van der Waals surface area contributed by atoms with Gasteiger partial charge in [-0.05, 0) is 12.3 Å². The Morgan fingerprint density at radius 2 is 0.800 bits per heavy atom. The maximum absolute atomic E-state index is 8.33. The average molecular weight is 235 g/mol. The third-order valence-corrected chi connectivity index (χ3v) is 0. The standard InChI is InChI=1S/2CH2O3.Fe.Ni/c2*2-1(3)4;;/h2*(H2,2,3,4);;/q;;2*+2/p-4. The second-order valence-electron chi connectivity index (χ2n) is 0.500. The summed E-state index contributed by atoms with van der Waals surface area (Å²) in [6, 6.07) is 0. The number of rotatable bonds is 0. The molecule has 0 spiro atoms. The van der Waals surface area contributed by atoms with E-state index >= 15 is 0 Å². The minimum absolute atomic E-state index is 0. The maximum Gasteiger partial charge on any atom is 2.00 e. The fourth-order valence-electron chi connectivity index (χ4n) is 0. The predicted molar refractivity (Wildman–Crippen MR) is 10.8 cm³/mol. The Balaban J connectivity index is -0.0000000300. The van der Waals surface area contributed by atoms with Crippen LogP contribution in [0.25, 0.3) is 0 Å². The molecule has 0 aliphatic heterocycles. The van der Waals surface area contributed by atoms with Gasteiger partial charge in [0.25, 0.3) is 0 Å². The largest absolute Gasteiger partial charge is 2.00 e. The van der Waals surface area contributed by atoms with Crippen molar-refractivity contribution in [3.8, 4) is 0 Å². The van der Waals surface area contributed by atoms with Crippen LogP contribution in [0, 0.1) is 0 Å². The molecule has 0 amide bonds. The summed E-state index contributed by atoms with van der Waals surface area (Å²) in [4.78, 5) is 16.7. The first-order valence-corrected chi connectivity index (χ1v) is 1.22. The number of carbonyl (C=O) groups excluding carboxylic acids is 2. The van der Waals surface area contributed by atoms with E-state index in [0.29, 0.717) is 0 Å². The zero-order valence-corrected chi connectivity index (χ0v) is 6.21. The van der Waals surface area contributed by atoms with Gasteiger partial charge >= 0.3 is 33.6 Å². The van der Waals surface area contributed by atoms with E-state index in [1.54, 1.807) is 0 Å².